The fourth-order valence-corrected chi connectivity index (χ4v) is 4.35. The number of aromatic nitrogens is 2. The van der Waals surface area contributed by atoms with Crippen LogP contribution in [0.5, 0.6) is 0 Å². The van der Waals surface area contributed by atoms with E-state index in [4.69, 9.17) is 4.98 Å². The molecule has 4 aromatic rings. The van der Waals surface area contributed by atoms with Gasteiger partial charge in [-0.3, -0.25) is 0 Å². The second-order valence-electron chi connectivity index (χ2n) is 7.04. The summed E-state index contributed by atoms with van der Waals surface area (Å²) in [6.07, 6.45) is 1.19. The molecule has 6 heteroatoms. The SMILES string of the molecule is CCn1c(C(O)(c2ccccc2)c2ccccc2)nc2ccc(S(C)(=O)=O)cc21. The van der Waals surface area contributed by atoms with Gasteiger partial charge in [0.15, 0.2) is 21.3 Å². The molecular formula is C23H22N2O3S. The summed E-state index contributed by atoms with van der Waals surface area (Å²) in [5.74, 6) is 0.457. The van der Waals surface area contributed by atoms with Crippen molar-refractivity contribution >= 4 is 20.9 Å². The maximum atomic E-state index is 12.1. The third-order valence-corrected chi connectivity index (χ3v) is 6.28. The van der Waals surface area contributed by atoms with Crippen molar-refractivity contribution in [3.05, 3.63) is 95.8 Å². The first-order chi connectivity index (χ1) is 13.9. The predicted octanol–water partition coefficient (Wildman–Crippen LogP) is 3.74. The molecule has 1 N–H and O–H groups in total. The van der Waals surface area contributed by atoms with Crippen molar-refractivity contribution < 1.29 is 13.5 Å². The Balaban J connectivity index is 2.06. The Labute approximate surface area is 170 Å². The Hall–Kier alpha value is -2.96. The van der Waals surface area contributed by atoms with Crippen LogP contribution in [-0.2, 0) is 22.0 Å². The number of aliphatic hydroxyl groups is 1. The van der Waals surface area contributed by atoms with E-state index >= 15 is 0 Å². The number of nitrogens with zero attached hydrogens (tertiary/aromatic N) is 2. The van der Waals surface area contributed by atoms with E-state index in [1.807, 2.05) is 72.2 Å². The van der Waals surface area contributed by atoms with Crippen LogP contribution in [0, 0.1) is 0 Å². The number of aryl methyl sites for hydroxylation is 1. The molecule has 1 aromatic heterocycles. The van der Waals surface area contributed by atoms with Crippen LogP contribution in [0.25, 0.3) is 11.0 Å². The summed E-state index contributed by atoms with van der Waals surface area (Å²) in [7, 11) is -3.35. The van der Waals surface area contributed by atoms with Crippen LogP contribution >= 0.6 is 0 Å². The molecule has 0 bridgehead atoms. The van der Waals surface area contributed by atoms with Crippen LogP contribution in [0.3, 0.4) is 0 Å². The van der Waals surface area contributed by atoms with Crippen molar-refractivity contribution in [3.63, 3.8) is 0 Å². The minimum atomic E-state index is -3.35. The second-order valence-corrected chi connectivity index (χ2v) is 9.06. The van der Waals surface area contributed by atoms with Crippen molar-refractivity contribution in [2.24, 2.45) is 0 Å². The number of hydrogen-bond donors (Lipinski definition) is 1. The zero-order valence-corrected chi connectivity index (χ0v) is 17.1. The molecule has 0 amide bonds. The maximum Gasteiger partial charge on any atom is 0.175 e. The van der Waals surface area contributed by atoms with Gasteiger partial charge in [-0.05, 0) is 36.2 Å². The highest BCUT2D eigenvalue weighted by atomic mass is 32.2. The molecule has 0 saturated carbocycles. The molecule has 148 valence electrons. The Morgan fingerprint density at radius 2 is 1.48 bits per heavy atom. The Kier molecular flexibility index (Phi) is 4.76. The summed E-state index contributed by atoms with van der Waals surface area (Å²) in [6, 6.07) is 23.7. The average Bonchev–Trinajstić information content (AvgIpc) is 3.12. The van der Waals surface area contributed by atoms with Gasteiger partial charge < -0.3 is 9.67 Å². The van der Waals surface area contributed by atoms with E-state index in [9.17, 15) is 13.5 Å². The zero-order chi connectivity index (χ0) is 20.6. The smallest absolute Gasteiger partial charge is 0.175 e. The molecule has 0 aliphatic carbocycles. The zero-order valence-electron chi connectivity index (χ0n) is 16.3. The van der Waals surface area contributed by atoms with E-state index in [1.54, 1.807) is 18.2 Å². The Morgan fingerprint density at radius 1 is 0.931 bits per heavy atom. The van der Waals surface area contributed by atoms with E-state index in [0.717, 1.165) is 0 Å². The molecule has 4 rings (SSSR count). The number of imidazole rings is 1. The van der Waals surface area contributed by atoms with E-state index in [2.05, 4.69) is 0 Å². The summed E-state index contributed by atoms with van der Waals surface area (Å²) in [5.41, 5.74) is 1.22. The molecule has 29 heavy (non-hydrogen) atoms. The van der Waals surface area contributed by atoms with Gasteiger partial charge in [-0.25, -0.2) is 13.4 Å². The number of benzene rings is 3. The summed E-state index contributed by atoms with van der Waals surface area (Å²) >= 11 is 0. The molecule has 0 aliphatic rings. The van der Waals surface area contributed by atoms with Crippen molar-refractivity contribution in [1.82, 2.24) is 9.55 Å². The van der Waals surface area contributed by atoms with Crippen LogP contribution in [0.1, 0.15) is 23.9 Å². The summed E-state index contributed by atoms with van der Waals surface area (Å²) in [6.45, 7) is 2.48. The molecular weight excluding hydrogens is 384 g/mol. The highest BCUT2D eigenvalue weighted by Gasteiger charge is 2.38. The fraction of sp³-hybridized carbons (Fsp3) is 0.174. The van der Waals surface area contributed by atoms with Crippen LogP contribution in [0.4, 0.5) is 0 Å². The van der Waals surface area contributed by atoms with E-state index < -0.39 is 15.4 Å². The number of hydrogen-bond acceptors (Lipinski definition) is 4. The van der Waals surface area contributed by atoms with Gasteiger partial charge in [0.05, 0.1) is 15.9 Å². The second kappa shape index (κ2) is 7.13. The lowest BCUT2D eigenvalue weighted by atomic mass is 9.85. The van der Waals surface area contributed by atoms with Crippen molar-refractivity contribution in [2.75, 3.05) is 6.26 Å². The molecule has 0 spiro atoms. The molecule has 0 fully saturated rings. The number of rotatable bonds is 5. The van der Waals surface area contributed by atoms with Crippen LogP contribution < -0.4 is 0 Å². The van der Waals surface area contributed by atoms with Gasteiger partial charge in [-0.15, -0.1) is 0 Å². The lowest BCUT2D eigenvalue weighted by Crippen LogP contribution is -2.32. The minimum Gasteiger partial charge on any atom is -0.373 e. The van der Waals surface area contributed by atoms with Gasteiger partial charge >= 0.3 is 0 Å². The first-order valence-electron chi connectivity index (χ1n) is 9.40. The quantitative estimate of drug-likeness (QED) is 0.548. The number of sulfone groups is 1. The predicted molar refractivity (Wildman–Crippen MR) is 114 cm³/mol. The molecule has 0 atom stereocenters. The standard InChI is InChI=1S/C23H22N2O3S/c1-3-25-21-16-19(29(2,27)28)14-15-20(21)24-22(25)23(26,17-10-6-4-7-11-17)18-12-8-5-9-13-18/h4-16,26H,3H2,1-2H3. The summed E-state index contributed by atoms with van der Waals surface area (Å²) in [5, 5.41) is 12.1. The van der Waals surface area contributed by atoms with Gasteiger partial charge in [0.1, 0.15) is 0 Å². The van der Waals surface area contributed by atoms with Gasteiger partial charge in [-0.1, -0.05) is 60.7 Å². The molecule has 5 nitrogen and oxygen atoms in total. The summed E-state index contributed by atoms with van der Waals surface area (Å²) in [4.78, 5) is 4.98. The third-order valence-electron chi connectivity index (χ3n) is 5.17. The van der Waals surface area contributed by atoms with Gasteiger partial charge in [0.2, 0.25) is 0 Å². The maximum absolute atomic E-state index is 12.1. The average molecular weight is 407 g/mol. The summed E-state index contributed by atoms with van der Waals surface area (Å²) < 4.78 is 26.0. The van der Waals surface area contributed by atoms with E-state index in [-0.39, 0.29) is 4.90 Å². The topological polar surface area (TPSA) is 72.2 Å². The van der Waals surface area contributed by atoms with E-state index in [0.29, 0.717) is 34.5 Å². The minimum absolute atomic E-state index is 0.231. The molecule has 1 heterocycles. The highest BCUT2D eigenvalue weighted by Crippen LogP contribution is 2.37. The molecule has 0 saturated heterocycles. The first-order valence-corrected chi connectivity index (χ1v) is 11.3. The largest absolute Gasteiger partial charge is 0.373 e. The molecule has 0 aliphatic heterocycles. The van der Waals surface area contributed by atoms with Gasteiger partial charge in [0.25, 0.3) is 0 Å². The molecule has 0 unspecified atom stereocenters. The monoisotopic (exact) mass is 406 g/mol. The molecule has 3 aromatic carbocycles. The van der Waals surface area contributed by atoms with Crippen LogP contribution in [0.2, 0.25) is 0 Å². The van der Waals surface area contributed by atoms with Crippen molar-refractivity contribution in [3.8, 4) is 0 Å². The normalized spacial score (nSPS) is 12.4. The lowest BCUT2D eigenvalue weighted by molar-refractivity contribution is 0.112. The Morgan fingerprint density at radius 3 is 1.97 bits per heavy atom. The number of fused-ring (bicyclic) bond motifs is 1. The van der Waals surface area contributed by atoms with Crippen LogP contribution in [-0.4, -0.2) is 29.3 Å². The van der Waals surface area contributed by atoms with Crippen LogP contribution in [0.15, 0.2) is 83.8 Å². The van der Waals surface area contributed by atoms with E-state index in [1.165, 1.54) is 6.26 Å². The van der Waals surface area contributed by atoms with Gasteiger partial charge in [-0.2, -0.15) is 0 Å². The van der Waals surface area contributed by atoms with Crippen molar-refractivity contribution in [2.45, 2.75) is 24.0 Å². The fourth-order valence-electron chi connectivity index (χ4n) is 3.71. The highest BCUT2D eigenvalue weighted by molar-refractivity contribution is 7.90. The lowest BCUT2D eigenvalue weighted by Gasteiger charge is -2.29. The molecule has 0 radical (unpaired) electrons. The first kappa shape index (κ1) is 19.4. The van der Waals surface area contributed by atoms with Crippen molar-refractivity contribution in [1.29, 1.82) is 0 Å². The van der Waals surface area contributed by atoms with Gasteiger partial charge in [0, 0.05) is 12.8 Å². The third kappa shape index (κ3) is 3.24. The Bertz CT molecular complexity index is 1220.